The lowest BCUT2D eigenvalue weighted by atomic mass is 9.62. The Bertz CT molecular complexity index is 702. The number of hydrogen-bond acceptors (Lipinski definition) is 0. The van der Waals surface area contributed by atoms with Crippen LogP contribution in [0.1, 0.15) is 126 Å². The number of unbranched alkanes of at least 4 members (excludes halogenated alkanes) is 1. The molecule has 0 aromatic heterocycles. The van der Waals surface area contributed by atoms with Crippen molar-refractivity contribution in [3.05, 3.63) is 47.6 Å². The zero-order valence-electron chi connectivity index (χ0n) is 22.8. The first-order chi connectivity index (χ1) is 15.2. The lowest BCUT2D eigenvalue weighted by Gasteiger charge is -2.42. The molecule has 0 N–H and O–H groups in total. The molecule has 0 nitrogen and oxygen atoms in total. The van der Waals surface area contributed by atoms with E-state index in [0.717, 1.165) is 30.6 Å². The van der Waals surface area contributed by atoms with E-state index >= 15 is 0 Å². The summed E-state index contributed by atoms with van der Waals surface area (Å²) in [6.45, 7) is 24.6. The lowest BCUT2D eigenvalue weighted by Crippen LogP contribution is -2.33. The number of allylic oxidation sites excluding steroid dienone is 6. The molecule has 0 amide bonds. The molecule has 0 aliphatic heterocycles. The highest BCUT2D eigenvalue weighted by atomic mass is 14.5. The second kappa shape index (κ2) is 11.9. The van der Waals surface area contributed by atoms with E-state index in [-0.39, 0.29) is 5.41 Å². The van der Waals surface area contributed by atoms with Gasteiger partial charge in [-0.3, -0.25) is 0 Å². The molecule has 182 valence electrons. The standard InChI is InChI=1S/C30H48.C2H6/c1-22(2)11-8-9-13-27-16-17-28-26(12-10-19-30(27,28)7)15-14-25-18-20-29(6,23(3)4)21-24(25)5;1-2/h14-15,22,27-28H,3,5,8-13,16-21H2,1-2,4,6-7H3;1-2H3/b25-14+,26-15+;. The second-order valence-corrected chi connectivity index (χ2v) is 11.9. The van der Waals surface area contributed by atoms with Gasteiger partial charge in [0.15, 0.2) is 0 Å². The zero-order valence-corrected chi connectivity index (χ0v) is 22.8. The van der Waals surface area contributed by atoms with Crippen molar-refractivity contribution in [3.8, 4) is 0 Å². The van der Waals surface area contributed by atoms with E-state index in [4.69, 9.17) is 0 Å². The molecule has 4 atom stereocenters. The van der Waals surface area contributed by atoms with Crippen LogP contribution in [0.15, 0.2) is 47.6 Å². The van der Waals surface area contributed by atoms with Crippen LogP contribution in [0.5, 0.6) is 0 Å². The first-order valence-corrected chi connectivity index (χ1v) is 13.9. The third-order valence-electron chi connectivity index (χ3n) is 9.28. The van der Waals surface area contributed by atoms with Crippen molar-refractivity contribution in [2.45, 2.75) is 126 Å². The molecular formula is C32H54. The van der Waals surface area contributed by atoms with Crippen molar-refractivity contribution in [2.75, 3.05) is 0 Å². The summed E-state index contributed by atoms with van der Waals surface area (Å²) in [5, 5.41) is 0. The molecule has 0 heteroatoms. The quantitative estimate of drug-likeness (QED) is 0.274. The highest BCUT2D eigenvalue weighted by Gasteiger charge is 2.48. The summed E-state index contributed by atoms with van der Waals surface area (Å²) in [7, 11) is 0. The molecule has 0 radical (unpaired) electrons. The first kappa shape index (κ1) is 27.2. The smallest absolute Gasteiger partial charge is 0.00784 e. The lowest BCUT2D eigenvalue weighted by molar-refractivity contribution is 0.127. The molecule has 3 aliphatic carbocycles. The number of fused-ring (bicyclic) bond motifs is 1. The molecule has 3 aliphatic rings. The van der Waals surface area contributed by atoms with Crippen molar-refractivity contribution >= 4 is 0 Å². The minimum atomic E-state index is 0.249. The van der Waals surface area contributed by atoms with E-state index in [1.54, 1.807) is 5.57 Å². The Hall–Kier alpha value is -1.04. The van der Waals surface area contributed by atoms with E-state index in [2.05, 4.69) is 59.9 Å². The summed E-state index contributed by atoms with van der Waals surface area (Å²) in [5.41, 5.74) is 6.71. The molecule has 0 spiro atoms. The molecule has 3 fully saturated rings. The van der Waals surface area contributed by atoms with Gasteiger partial charge in [-0.25, -0.2) is 0 Å². The van der Waals surface area contributed by atoms with E-state index in [1.165, 1.54) is 80.9 Å². The van der Waals surface area contributed by atoms with Gasteiger partial charge >= 0.3 is 0 Å². The third-order valence-corrected chi connectivity index (χ3v) is 9.28. The fraction of sp³-hybridized carbons (Fsp3) is 0.750. The normalized spacial score (nSPS) is 35.1. The van der Waals surface area contributed by atoms with Crippen molar-refractivity contribution in [1.82, 2.24) is 0 Å². The van der Waals surface area contributed by atoms with Crippen LogP contribution in [-0.2, 0) is 0 Å². The monoisotopic (exact) mass is 438 g/mol. The van der Waals surface area contributed by atoms with Gasteiger partial charge in [0.1, 0.15) is 0 Å². The summed E-state index contributed by atoms with van der Waals surface area (Å²) in [4.78, 5) is 0. The molecule has 3 saturated carbocycles. The molecule has 0 aromatic rings. The highest BCUT2D eigenvalue weighted by molar-refractivity contribution is 5.38. The largest absolute Gasteiger partial charge is 0.0996 e. The van der Waals surface area contributed by atoms with Gasteiger partial charge in [-0.05, 0) is 98.9 Å². The zero-order chi connectivity index (χ0) is 23.9. The fourth-order valence-corrected chi connectivity index (χ4v) is 6.80. The van der Waals surface area contributed by atoms with Crippen LogP contribution in [0.3, 0.4) is 0 Å². The Labute approximate surface area is 201 Å². The van der Waals surface area contributed by atoms with Gasteiger partial charge < -0.3 is 0 Å². The van der Waals surface area contributed by atoms with Crippen LogP contribution in [0.2, 0.25) is 0 Å². The minimum Gasteiger partial charge on any atom is -0.0996 e. The van der Waals surface area contributed by atoms with E-state index in [9.17, 15) is 0 Å². The van der Waals surface area contributed by atoms with Gasteiger partial charge in [0, 0.05) is 0 Å². The molecule has 32 heavy (non-hydrogen) atoms. The Morgan fingerprint density at radius 3 is 2.41 bits per heavy atom. The predicted octanol–water partition coefficient (Wildman–Crippen LogP) is 10.6. The Balaban J connectivity index is 0.00000176. The Morgan fingerprint density at radius 1 is 1.06 bits per heavy atom. The van der Waals surface area contributed by atoms with Crippen molar-refractivity contribution in [3.63, 3.8) is 0 Å². The van der Waals surface area contributed by atoms with E-state index in [0.29, 0.717) is 5.41 Å². The van der Waals surface area contributed by atoms with Crippen LogP contribution in [-0.4, -0.2) is 0 Å². The minimum absolute atomic E-state index is 0.249. The summed E-state index contributed by atoms with van der Waals surface area (Å²) in [6.07, 6.45) is 21.2. The average Bonchev–Trinajstić information content (AvgIpc) is 3.08. The molecule has 4 unspecified atom stereocenters. The molecular weight excluding hydrogens is 384 g/mol. The summed E-state index contributed by atoms with van der Waals surface area (Å²) in [5.74, 6) is 2.64. The summed E-state index contributed by atoms with van der Waals surface area (Å²) < 4.78 is 0. The van der Waals surface area contributed by atoms with Gasteiger partial charge in [-0.1, -0.05) is 103 Å². The van der Waals surface area contributed by atoms with Crippen LogP contribution >= 0.6 is 0 Å². The van der Waals surface area contributed by atoms with Crippen LogP contribution in [0.25, 0.3) is 0 Å². The molecule has 0 saturated heterocycles. The van der Waals surface area contributed by atoms with Crippen molar-refractivity contribution in [2.24, 2.45) is 28.6 Å². The molecule has 0 heterocycles. The average molecular weight is 439 g/mol. The van der Waals surface area contributed by atoms with Gasteiger partial charge in [-0.15, -0.1) is 0 Å². The molecule has 0 bridgehead atoms. The number of hydrogen-bond donors (Lipinski definition) is 0. The molecule has 3 rings (SSSR count). The van der Waals surface area contributed by atoms with Gasteiger partial charge in [0.05, 0.1) is 0 Å². The van der Waals surface area contributed by atoms with Gasteiger partial charge in [-0.2, -0.15) is 0 Å². The Kier molecular flexibility index (Phi) is 10.1. The maximum absolute atomic E-state index is 4.44. The topological polar surface area (TPSA) is 0 Å². The van der Waals surface area contributed by atoms with Crippen molar-refractivity contribution < 1.29 is 0 Å². The van der Waals surface area contributed by atoms with Gasteiger partial charge in [0.25, 0.3) is 0 Å². The van der Waals surface area contributed by atoms with Crippen LogP contribution < -0.4 is 0 Å². The summed E-state index contributed by atoms with van der Waals surface area (Å²) >= 11 is 0. The van der Waals surface area contributed by atoms with Crippen LogP contribution in [0, 0.1) is 28.6 Å². The van der Waals surface area contributed by atoms with E-state index in [1.807, 2.05) is 13.8 Å². The predicted molar refractivity (Wildman–Crippen MR) is 145 cm³/mol. The second-order valence-electron chi connectivity index (χ2n) is 11.9. The SMILES string of the molecule is C=C1CC(C)(C(=C)C)CC/C1=C\C=C1/CCCC2(C)C(CCCCC(C)C)CCC12.CC. The van der Waals surface area contributed by atoms with Crippen molar-refractivity contribution in [1.29, 1.82) is 0 Å². The fourth-order valence-electron chi connectivity index (χ4n) is 6.80. The first-order valence-electron chi connectivity index (χ1n) is 13.9. The number of rotatable bonds is 7. The maximum Gasteiger partial charge on any atom is -0.00784 e. The maximum atomic E-state index is 4.44. The van der Waals surface area contributed by atoms with Crippen LogP contribution in [0.4, 0.5) is 0 Å². The van der Waals surface area contributed by atoms with Gasteiger partial charge in [0.2, 0.25) is 0 Å². The third kappa shape index (κ3) is 6.30. The summed E-state index contributed by atoms with van der Waals surface area (Å²) in [6, 6.07) is 0. The molecule has 0 aromatic carbocycles. The Morgan fingerprint density at radius 2 is 1.78 bits per heavy atom. The van der Waals surface area contributed by atoms with E-state index < -0.39 is 0 Å². The highest BCUT2D eigenvalue weighted by Crippen LogP contribution is 2.58.